The largest absolute Gasteiger partial charge is 0.481 e. The summed E-state index contributed by atoms with van der Waals surface area (Å²) in [5.74, 6) is -0.954. The number of amides is 2. The van der Waals surface area contributed by atoms with Crippen molar-refractivity contribution in [1.29, 1.82) is 0 Å². The van der Waals surface area contributed by atoms with E-state index in [0.717, 1.165) is 6.42 Å². The molecule has 0 aromatic rings. The van der Waals surface area contributed by atoms with E-state index in [1.807, 2.05) is 0 Å². The van der Waals surface area contributed by atoms with Gasteiger partial charge < -0.3 is 24.8 Å². The second-order valence-electron chi connectivity index (χ2n) is 3.91. The van der Waals surface area contributed by atoms with Gasteiger partial charge in [0, 0.05) is 41.0 Å². The fourth-order valence-electron chi connectivity index (χ4n) is 1.32. The second kappa shape index (κ2) is 9.67. The van der Waals surface area contributed by atoms with Gasteiger partial charge in [0.25, 0.3) is 0 Å². The van der Waals surface area contributed by atoms with Crippen LogP contribution in [0.4, 0.5) is 4.79 Å². The number of methoxy groups -OCH3 is 2. The average Bonchev–Trinajstić information content (AvgIpc) is 2.33. The molecule has 0 aromatic carbocycles. The highest BCUT2D eigenvalue weighted by Crippen LogP contribution is 1.96. The average molecular weight is 262 g/mol. The zero-order valence-electron chi connectivity index (χ0n) is 11.1. The highest BCUT2D eigenvalue weighted by Gasteiger charge is 2.15. The molecule has 0 bridgehead atoms. The van der Waals surface area contributed by atoms with E-state index in [2.05, 4.69) is 5.32 Å². The summed E-state index contributed by atoms with van der Waals surface area (Å²) in [6.45, 7) is 1.35. The number of carboxylic acid groups (broad SMARTS) is 1. The Morgan fingerprint density at radius 1 is 1.39 bits per heavy atom. The maximum Gasteiger partial charge on any atom is 0.317 e. The third-order valence-corrected chi connectivity index (χ3v) is 2.41. The molecule has 0 rings (SSSR count). The monoisotopic (exact) mass is 262 g/mol. The number of hydrogen-bond donors (Lipinski definition) is 2. The van der Waals surface area contributed by atoms with E-state index in [1.54, 1.807) is 14.2 Å². The molecule has 0 fully saturated rings. The van der Waals surface area contributed by atoms with Crippen LogP contribution in [0.5, 0.6) is 0 Å². The molecule has 0 aliphatic rings. The molecule has 0 heterocycles. The van der Waals surface area contributed by atoms with Gasteiger partial charge in [0.2, 0.25) is 0 Å². The fraction of sp³-hybridized carbons (Fsp3) is 0.818. The van der Waals surface area contributed by atoms with Crippen LogP contribution in [0.1, 0.15) is 12.8 Å². The van der Waals surface area contributed by atoms with Crippen molar-refractivity contribution in [3.8, 4) is 0 Å². The number of rotatable bonds is 9. The Balaban J connectivity index is 3.88. The minimum Gasteiger partial charge on any atom is -0.481 e. The molecule has 18 heavy (non-hydrogen) atoms. The van der Waals surface area contributed by atoms with Gasteiger partial charge in [0.15, 0.2) is 0 Å². The predicted octanol–water partition coefficient (Wildman–Crippen LogP) is 0.154. The minimum atomic E-state index is -0.954. The molecule has 0 radical (unpaired) electrons. The molecule has 106 valence electrons. The second-order valence-corrected chi connectivity index (χ2v) is 3.91. The maximum atomic E-state index is 11.6. The van der Waals surface area contributed by atoms with E-state index in [4.69, 9.17) is 14.6 Å². The minimum absolute atomic E-state index is 0.135. The molecular formula is C11H22N2O5. The first-order valence-corrected chi connectivity index (χ1v) is 5.73. The number of carbonyl (C=O) groups excluding carboxylic acids is 1. The zero-order valence-corrected chi connectivity index (χ0v) is 11.1. The lowest BCUT2D eigenvalue weighted by Gasteiger charge is -2.20. The van der Waals surface area contributed by atoms with Crippen LogP contribution in [-0.4, -0.2) is 69.1 Å². The van der Waals surface area contributed by atoms with Gasteiger partial charge in [0.1, 0.15) is 0 Å². The van der Waals surface area contributed by atoms with E-state index in [-0.39, 0.29) is 19.0 Å². The van der Waals surface area contributed by atoms with E-state index in [1.165, 1.54) is 12.0 Å². The number of carbonyl (C=O) groups is 2. The Bertz CT molecular complexity index is 260. The van der Waals surface area contributed by atoms with Crippen molar-refractivity contribution in [2.45, 2.75) is 18.9 Å². The van der Waals surface area contributed by atoms with Gasteiger partial charge in [-0.3, -0.25) is 4.79 Å². The third kappa shape index (κ3) is 7.86. The van der Waals surface area contributed by atoms with Gasteiger partial charge in [-0.05, 0) is 6.42 Å². The number of nitrogens with one attached hydrogen (secondary N) is 1. The van der Waals surface area contributed by atoms with Gasteiger partial charge >= 0.3 is 12.0 Å². The molecule has 7 heteroatoms. The van der Waals surface area contributed by atoms with Crippen molar-refractivity contribution in [2.24, 2.45) is 0 Å². The Morgan fingerprint density at radius 3 is 2.56 bits per heavy atom. The van der Waals surface area contributed by atoms with Crippen LogP contribution < -0.4 is 5.32 Å². The summed E-state index contributed by atoms with van der Waals surface area (Å²) >= 11 is 0. The number of hydrogen-bond acceptors (Lipinski definition) is 4. The van der Waals surface area contributed by atoms with Crippen molar-refractivity contribution in [2.75, 3.05) is 41.0 Å². The lowest BCUT2D eigenvalue weighted by Crippen LogP contribution is -2.42. The van der Waals surface area contributed by atoms with Gasteiger partial charge in [-0.2, -0.15) is 0 Å². The van der Waals surface area contributed by atoms with E-state index in [0.29, 0.717) is 13.2 Å². The summed E-state index contributed by atoms with van der Waals surface area (Å²) in [7, 11) is 4.70. The van der Waals surface area contributed by atoms with Gasteiger partial charge in [-0.25, -0.2) is 4.79 Å². The Hall–Kier alpha value is -1.34. The number of nitrogens with zero attached hydrogens (tertiary/aromatic N) is 1. The molecule has 0 spiro atoms. The highest BCUT2D eigenvalue weighted by molar-refractivity contribution is 5.74. The molecule has 0 saturated heterocycles. The van der Waals surface area contributed by atoms with Crippen LogP contribution in [-0.2, 0) is 14.3 Å². The van der Waals surface area contributed by atoms with Crippen LogP contribution in [0.15, 0.2) is 0 Å². The molecular weight excluding hydrogens is 240 g/mol. The summed E-state index contributed by atoms with van der Waals surface area (Å²) in [6.07, 6.45) is 0.103. The van der Waals surface area contributed by atoms with Gasteiger partial charge in [-0.1, -0.05) is 0 Å². The molecule has 1 atom stereocenters. The van der Waals surface area contributed by atoms with Crippen LogP contribution in [0.3, 0.4) is 0 Å². The topological polar surface area (TPSA) is 88.1 Å². The molecule has 2 N–H and O–H groups in total. The highest BCUT2D eigenvalue weighted by atomic mass is 16.5. The van der Waals surface area contributed by atoms with E-state index in [9.17, 15) is 9.59 Å². The number of carboxylic acids is 1. The fourth-order valence-corrected chi connectivity index (χ4v) is 1.32. The molecule has 7 nitrogen and oxygen atoms in total. The smallest absolute Gasteiger partial charge is 0.317 e. The van der Waals surface area contributed by atoms with Crippen molar-refractivity contribution >= 4 is 12.0 Å². The quantitative estimate of drug-likeness (QED) is 0.578. The van der Waals surface area contributed by atoms with Crippen LogP contribution in [0.25, 0.3) is 0 Å². The van der Waals surface area contributed by atoms with E-state index < -0.39 is 12.1 Å². The van der Waals surface area contributed by atoms with Crippen LogP contribution in [0, 0.1) is 0 Å². The molecule has 0 aromatic heterocycles. The molecule has 1 unspecified atom stereocenters. The Kier molecular flexibility index (Phi) is 8.95. The lowest BCUT2D eigenvalue weighted by molar-refractivity contribution is -0.139. The predicted molar refractivity (Wildman–Crippen MR) is 65.6 cm³/mol. The van der Waals surface area contributed by atoms with Crippen molar-refractivity contribution < 1.29 is 24.2 Å². The number of aliphatic carboxylic acids is 1. The zero-order chi connectivity index (χ0) is 14.0. The van der Waals surface area contributed by atoms with Crippen molar-refractivity contribution in [3.05, 3.63) is 0 Å². The summed E-state index contributed by atoms with van der Waals surface area (Å²) in [6, 6.07) is -0.251. The summed E-state index contributed by atoms with van der Waals surface area (Å²) in [5.41, 5.74) is 0. The Labute approximate surface area is 107 Å². The van der Waals surface area contributed by atoms with E-state index >= 15 is 0 Å². The summed E-state index contributed by atoms with van der Waals surface area (Å²) < 4.78 is 9.84. The summed E-state index contributed by atoms with van der Waals surface area (Å²) in [4.78, 5) is 23.6. The summed E-state index contributed by atoms with van der Waals surface area (Å²) in [5, 5.41) is 11.2. The third-order valence-electron chi connectivity index (χ3n) is 2.41. The molecule has 0 aliphatic carbocycles. The standard InChI is InChI=1S/C11H22N2O5/c1-13(5-4-6-17-2)11(16)12-8-9(18-3)7-10(14)15/h9H,4-8H2,1-3H3,(H,12,16)(H,14,15). The van der Waals surface area contributed by atoms with Gasteiger partial charge in [0.05, 0.1) is 12.5 Å². The van der Waals surface area contributed by atoms with Crippen LogP contribution in [0.2, 0.25) is 0 Å². The molecule has 0 saturated carbocycles. The van der Waals surface area contributed by atoms with Crippen LogP contribution >= 0.6 is 0 Å². The molecule has 0 aliphatic heterocycles. The van der Waals surface area contributed by atoms with Crippen molar-refractivity contribution in [3.63, 3.8) is 0 Å². The SMILES string of the molecule is COCCCN(C)C(=O)NCC(CC(=O)O)OC. The first kappa shape index (κ1) is 16.7. The maximum absolute atomic E-state index is 11.6. The first-order valence-electron chi connectivity index (χ1n) is 5.73. The normalized spacial score (nSPS) is 11.9. The number of urea groups is 1. The number of ether oxygens (including phenoxy) is 2. The Morgan fingerprint density at radius 2 is 2.06 bits per heavy atom. The molecule has 2 amide bonds. The first-order chi connectivity index (χ1) is 8.51. The van der Waals surface area contributed by atoms with Crippen molar-refractivity contribution in [1.82, 2.24) is 10.2 Å². The lowest BCUT2D eigenvalue weighted by atomic mass is 10.2. The van der Waals surface area contributed by atoms with Gasteiger partial charge in [-0.15, -0.1) is 0 Å².